The minimum absolute atomic E-state index is 0.103. The van der Waals surface area contributed by atoms with E-state index in [1.54, 1.807) is 30.0 Å². The molecule has 0 aliphatic rings. The summed E-state index contributed by atoms with van der Waals surface area (Å²) in [5.74, 6) is -0.283. The first kappa shape index (κ1) is 15.0. The predicted molar refractivity (Wildman–Crippen MR) is 75.5 cm³/mol. The fourth-order valence-corrected chi connectivity index (χ4v) is 1.97. The zero-order valence-electron chi connectivity index (χ0n) is 10.3. The Morgan fingerprint density at radius 1 is 1.61 bits per heavy atom. The molecule has 1 unspecified atom stereocenters. The highest BCUT2D eigenvalue weighted by atomic mass is 79.9. The van der Waals surface area contributed by atoms with Crippen molar-refractivity contribution >= 4 is 33.4 Å². The van der Waals surface area contributed by atoms with Crippen molar-refractivity contribution in [3.63, 3.8) is 0 Å². The van der Waals surface area contributed by atoms with Crippen LogP contribution in [0.2, 0.25) is 5.02 Å². The molecular weight excluding hydrogens is 316 g/mol. The van der Waals surface area contributed by atoms with Crippen molar-refractivity contribution in [1.82, 2.24) is 4.90 Å². The third kappa shape index (κ3) is 3.72. The molecule has 0 aliphatic heterocycles. The molecule has 0 radical (unpaired) electrons. The van der Waals surface area contributed by atoms with E-state index in [1.807, 2.05) is 6.92 Å². The fraction of sp³-hybridized carbons (Fsp3) is 0.385. The van der Waals surface area contributed by atoms with Crippen molar-refractivity contribution in [2.45, 2.75) is 13.8 Å². The summed E-state index contributed by atoms with van der Waals surface area (Å²) in [5.41, 5.74) is 0.537. The number of amides is 1. The van der Waals surface area contributed by atoms with Gasteiger partial charge in [0, 0.05) is 23.1 Å². The first-order valence-corrected chi connectivity index (χ1v) is 6.80. The first-order chi connectivity index (χ1) is 8.49. The molecule has 1 atom stereocenters. The molecule has 0 saturated heterocycles. The van der Waals surface area contributed by atoms with Gasteiger partial charge in [-0.25, -0.2) is 0 Å². The molecule has 0 fully saturated rings. The topological polar surface area (TPSA) is 44.1 Å². The van der Waals surface area contributed by atoms with Gasteiger partial charge in [-0.3, -0.25) is 4.79 Å². The van der Waals surface area contributed by atoms with E-state index in [0.29, 0.717) is 23.7 Å². The van der Waals surface area contributed by atoms with Crippen LogP contribution < -0.4 is 0 Å². The molecular formula is C13H14BrClN2O. The summed E-state index contributed by atoms with van der Waals surface area (Å²) in [4.78, 5) is 13.9. The van der Waals surface area contributed by atoms with Gasteiger partial charge in [0.2, 0.25) is 0 Å². The van der Waals surface area contributed by atoms with Crippen LogP contribution in [0.25, 0.3) is 0 Å². The zero-order valence-corrected chi connectivity index (χ0v) is 12.6. The van der Waals surface area contributed by atoms with Gasteiger partial charge < -0.3 is 4.90 Å². The maximum absolute atomic E-state index is 12.2. The molecule has 18 heavy (non-hydrogen) atoms. The Morgan fingerprint density at radius 3 is 2.78 bits per heavy atom. The lowest BCUT2D eigenvalue weighted by Crippen LogP contribution is -2.34. The Hall–Kier alpha value is -1.05. The Labute approximate surface area is 120 Å². The van der Waals surface area contributed by atoms with Crippen molar-refractivity contribution < 1.29 is 4.79 Å². The van der Waals surface area contributed by atoms with E-state index in [2.05, 4.69) is 22.0 Å². The average Bonchev–Trinajstić information content (AvgIpc) is 2.38. The van der Waals surface area contributed by atoms with Crippen molar-refractivity contribution in [2.24, 2.45) is 5.92 Å². The van der Waals surface area contributed by atoms with E-state index in [4.69, 9.17) is 16.9 Å². The van der Waals surface area contributed by atoms with Crippen LogP contribution >= 0.6 is 27.5 Å². The number of halogens is 2. The molecule has 0 saturated carbocycles. The summed E-state index contributed by atoms with van der Waals surface area (Å²) in [6, 6.07) is 7.23. The lowest BCUT2D eigenvalue weighted by molar-refractivity contribution is 0.0752. The number of rotatable bonds is 4. The van der Waals surface area contributed by atoms with Crippen LogP contribution in [-0.2, 0) is 0 Å². The van der Waals surface area contributed by atoms with Gasteiger partial charge in [0.25, 0.3) is 5.91 Å². The van der Waals surface area contributed by atoms with Crippen LogP contribution in [0.15, 0.2) is 22.7 Å². The normalized spacial score (nSPS) is 11.7. The smallest absolute Gasteiger partial charge is 0.253 e. The van der Waals surface area contributed by atoms with Gasteiger partial charge in [0.15, 0.2) is 0 Å². The van der Waals surface area contributed by atoms with Gasteiger partial charge in [-0.15, -0.1) is 0 Å². The Morgan fingerprint density at radius 2 is 2.28 bits per heavy atom. The van der Waals surface area contributed by atoms with Crippen molar-refractivity contribution in [1.29, 1.82) is 5.26 Å². The van der Waals surface area contributed by atoms with Crippen molar-refractivity contribution in [3.05, 3.63) is 33.3 Å². The monoisotopic (exact) mass is 328 g/mol. The van der Waals surface area contributed by atoms with Crippen LogP contribution in [0.3, 0.4) is 0 Å². The lowest BCUT2D eigenvalue weighted by atomic mass is 10.1. The second kappa shape index (κ2) is 6.77. The fourth-order valence-electron chi connectivity index (χ4n) is 1.54. The van der Waals surface area contributed by atoms with Crippen molar-refractivity contribution in [3.8, 4) is 6.07 Å². The molecule has 0 heterocycles. The van der Waals surface area contributed by atoms with Crippen LogP contribution in [0.1, 0.15) is 24.2 Å². The van der Waals surface area contributed by atoms with Crippen LogP contribution in [0.4, 0.5) is 0 Å². The van der Waals surface area contributed by atoms with E-state index in [-0.39, 0.29) is 11.8 Å². The van der Waals surface area contributed by atoms with E-state index < -0.39 is 0 Å². The van der Waals surface area contributed by atoms with E-state index in [0.717, 1.165) is 4.47 Å². The third-order valence-electron chi connectivity index (χ3n) is 2.55. The molecule has 1 rings (SSSR count). The summed E-state index contributed by atoms with van der Waals surface area (Å²) in [6.45, 7) is 4.69. The predicted octanol–water partition coefficient (Wildman–Crippen LogP) is 3.72. The van der Waals surface area contributed by atoms with Crippen molar-refractivity contribution in [2.75, 3.05) is 13.1 Å². The molecule has 5 heteroatoms. The quantitative estimate of drug-likeness (QED) is 0.845. The molecule has 0 aliphatic carbocycles. The second-order valence-corrected chi connectivity index (χ2v) is 5.26. The lowest BCUT2D eigenvalue weighted by Gasteiger charge is -2.22. The summed E-state index contributed by atoms with van der Waals surface area (Å²) >= 11 is 9.25. The third-order valence-corrected chi connectivity index (χ3v) is 3.78. The Balaban J connectivity index is 2.90. The minimum Gasteiger partial charge on any atom is -0.338 e. The molecule has 3 nitrogen and oxygen atoms in total. The standard InChI is InChI=1S/C13H14BrClN2O/c1-3-17(8-9(2)7-16)13(18)10-4-5-11(14)12(15)6-10/h4-6,9H,3,8H2,1-2H3. The van der Waals surface area contributed by atoms with Crippen LogP contribution in [0, 0.1) is 17.2 Å². The van der Waals surface area contributed by atoms with Crippen LogP contribution in [0.5, 0.6) is 0 Å². The number of hydrogen-bond donors (Lipinski definition) is 0. The number of benzene rings is 1. The number of carbonyl (C=O) groups excluding carboxylic acids is 1. The zero-order chi connectivity index (χ0) is 13.7. The number of nitriles is 1. The largest absolute Gasteiger partial charge is 0.338 e. The van der Waals surface area contributed by atoms with Crippen LogP contribution in [-0.4, -0.2) is 23.9 Å². The highest BCUT2D eigenvalue weighted by Gasteiger charge is 2.17. The van der Waals surface area contributed by atoms with Gasteiger partial charge in [-0.05, 0) is 48.0 Å². The molecule has 96 valence electrons. The number of hydrogen-bond acceptors (Lipinski definition) is 2. The van der Waals surface area contributed by atoms with Gasteiger partial charge in [-0.1, -0.05) is 11.6 Å². The van der Waals surface area contributed by atoms with E-state index in [9.17, 15) is 4.79 Å². The summed E-state index contributed by atoms with van der Waals surface area (Å²) in [7, 11) is 0. The van der Waals surface area contributed by atoms with Gasteiger partial charge in [0.05, 0.1) is 17.0 Å². The molecule has 0 spiro atoms. The SMILES string of the molecule is CCN(CC(C)C#N)C(=O)c1ccc(Br)c(Cl)c1. The molecule has 1 aromatic rings. The van der Waals surface area contributed by atoms with Gasteiger partial charge in [-0.2, -0.15) is 5.26 Å². The summed E-state index contributed by atoms with van der Waals surface area (Å²) in [5, 5.41) is 9.30. The second-order valence-electron chi connectivity index (χ2n) is 4.00. The molecule has 1 aromatic carbocycles. The molecule has 0 aromatic heterocycles. The summed E-state index contributed by atoms with van der Waals surface area (Å²) in [6.07, 6.45) is 0. The number of carbonyl (C=O) groups is 1. The maximum Gasteiger partial charge on any atom is 0.253 e. The molecule has 0 N–H and O–H groups in total. The minimum atomic E-state index is -0.181. The summed E-state index contributed by atoms with van der Waals surface area (Å²) < 4.78 is 0.758. The Bertz CT molecular complexity index is 484. The highest BCUT2D eigenvalue weighted by Crippen LogP contribution is 2.23. The number of nitrogens with zero attached hydrogens (tertiary/aromatic N) is 2. The van der Waals surface area contributed by atoms with Gasteiger partial charge >= 0.3 is 0 Å². The first-order valence-electron chi connectivity index (χ1n) is 5.63. The highest BCUT2D eigenvalue weighted by molar-refractivity contribution is 9.10. The molecule has 0 bridgehead atoms. The van der Waals surface area contributed by atoms with E-state index in [1.165, 1.54) is 0 Å². The Kier molecular flexibility index (Phi) is 5.64. The average molecular weight is 330 g/mol. The van der Waals surface area contributed by atoms with E-state index >= 15 is 0 Å². The van der Waals surface area contributed by atoms with Gasteiger partial charge in [0.1, 0.15) is 0 Å². The molecule has 1 amide bonds. The maximum atomic E-state index is 12.2.